The molecule has 1 rings (SSSR count). The van der Waals surface area contributed by atoms with Crippen LogP contribution in [0.3, 0.4) is 0 Å². The number of ether oxygens (including phenoxy) is 1. The van der Waals surface area contributed by atoms with E-state index in [1.165, 1.54) is 0 Å². The van der Waals surface area contributed by atoms with Crippen LogP contribution in [0.5, 0.6) is 0 Å². The van der Waals surface area contributed by atoms with Crippen LogP contribution in [0.25, 0.3) is 0 Å². The van der Waals surface area contributed by atoms with Crippen LogP contribution < -0.4 is 0 Å². The van der Waals surface area contributed by atoms with Gasteiger partial charge in [-0.15, -0.1) is 0 Å². The lowest BCUT2D eigenvalue weighted by atomic mass is 10.4. The molecule has 0 aliphatic carbocycles. The molecule has 4 nitrogen and oxygen atoms in total. The summed E-state index contributed by atoms with van der Waals surface area (Å²) in [5.41, 5.74) is 2.09. The van der Waals surface area contributed by atoms with Crippen molar-refractivity contribution in [2.24, 2.45) is 4.99 Å². The monoisotopic (exact) mass is 194 g/mol. The zero-order valence-electron chi connectivity index (χ0n) is 8.63. The van der Waals surface area contributed by atoms with E-state index in [2.05, 4.69) is 9.98 Å². The van der Waals surface area contributed by atoms with E-state index in [-0.39, 0.29) is 5.97 Å². The molecule has 1 aromatic heterocycles. The number of nitrogens with zero attached hydrogens (tertiary/aromatic N) is 1. The Morgan fingerprint density at radius 3 is 3.00 bits per heavy atom. The zero-order chi connectivity index (χ0) is 10.6. The lowest BCUT2D eigenvalue weighted by Crippen LogP contribution is -2.04. The van der Waals surface area contributed by atoms with Crippen molar-refractivity contribution in [2.45, 2.75) is 20.8 Å². The molecule has 0 atom stereocenters. The number of nitrogens with one attached hydrogen (secondary N) is 1. The van der Waals surface area contributed by atoms with Crippen LogP contribution in [0.15, 0.2) is 11.1 Å². The summed E-state index contributed by atoms with van der Waals surface area (Å²) in [7, 11) is 0. The molecule has 4 heteroatoms. The number of esters is 1. The van der Waals surface area contributed by atoms with Gasteiger partial charge in [-0.25, -0.2) is 4.79 Å². The first-order chi connectivity index (χ1) is 6.69. The maximum Gasteiger partial charge on any atom is 0.354 e. The van der Waals surface area contributed by atoms with Crippen LogP contribution in [0.4, 0.5) is 5.69 Å². The smallest absolute Gasteiger partial charge is 0.354 e. The van der Waals surface area contributed by atoms with E-state index in [1.807, 2.05) is 13.8 Å². The summed E-state index contributed by atoms with van der Waals surface area (Å²) in [6.45, 7) is 5.85. The van der Waals surface area contributed by atoms with Gasteiger partial charge >= 0.3 is 5.97 Å². The molecule has 0 saturated heterocycles. The predicted molar refractivity (Wildman–Crippen MR) is 55.3 cm³/mol. The van der Waals surface area contributed by atoms with Gasteiger partial charge < -0.3 is 9.72 Å². The number of aryl methyl sites for hydroxylation is 1. The summed E-state index contributed by atoms with van der Waals surface area (Å²) in [5.74, 6) is -0.340. The van der Waals surface area contributed by atoms with Gasteiger partial charge in [0.15, 0.2) is 0 Å². The van der Waals surface area contributed by atoms with Crippen molar-refractivity contribution in [3.05, 3.63) is 17.5 Å². The summed E-state index contributed by atoms with van der Waals surface area (Å²) >= 11 is 0. The summed E-state index contributed by atoms with van der Waals surface area (Å²) in [6.07, 6.45) is 1.69. The molecule has 0 unspecified atom stereocenters. The first kappa shape index (κ1) is 10.5. The van der Waals surface area contributed by atoms with Crippen molar-refractivity contribution in [3.8, 4) is 0 Å². The first-order valence-corrected chi connectivity index (χ1v) is 4.54. The van der Waals surface area contributed by atoms with Gasteiger partial charge in [-0.1, -0.05) is 0 Å². The molecular weight excluding hydrogens is 180 g/mol. The van der Waals surface area contributed by atoms with Gasteiger partial charge in [0, 0.05) is 11.9 Å². The average molecular weight is 194 g/mol. The van der Waals surface area contributed by atoms with E-state index in [1.54, 1.807) is 19.2 Å². The third kappa shape index (κ3) is 2.22. The number of carbonyl (C=O) groups excluding carboxylic acids is 1. The minimum Gasteiger partial charge on any atom is -0.461 e. The molecule has 1 heterocycles. The molecule has 0 fully saturated rings. The standard InChI is InChI=1S/C10H14N2O2/c1-4-11-8-6-9(12-7(8)3)10(13)14-5-2/h4,6,12H,5H2,1-3H3/b11-4-. The molecule has 0 amide bonds. The third-order valence-electron chi connectivity index (χ3n) is 1.75. The van der Waals surface area contributed by atoms with Gasteiger partial charge in [-0.2, -0.15) is 0 Å². The van der Waals surface area contributed by atoms with Gasteiger partial charge in [0.05, 0.1) is 12.3 Å². The van der Waals surface area contributed by atoms with Crippen molar-refractivity contribution < 1.29 is 9.53 Å². The van der Waals surface area contributed by atoms with E-state index in [4.69, 9.17) is 4.74 Å². The minimum atomic E-state index is -0.340. The highest BCUT2D eigenvalue weighted by Gasteiger charge is 2.11. The van der Waals surface area contributed by atoms with E-state index in [0.29, 0.717) is 12.3 Å². The molecule has 0 saturated carbocycles. The van der Waals surface area contributed by atoms with Crippen molar-refractivity contribution in [3.63, 3.8) is 0 Å². The van der Waals surface area contributed by atoms with E-state index >= 15 is 0 Å². The fraction of sp³-hybridized carbons (Fsp3) is 0.400. The van der Waals surface area contributed by atoms with Crippen molar-refractivity contribution in [1.82, 2.24) is 4.98 Å². The van der Waals surface area contributed by atoms with Gasteiger partial charge in [0.2, 0.25) is 0 Å². The average Bonchev–Trinajstić information content (AvgIpc) is 2.49. The number of rotatable bonds is 3. The maximum absolute atomic E-state index is 11.3. The Balaban J connectivity index is 2.90. The molecular formula is C10H14N2O2. The topological polar surface area (TPSA) is 54.4 Å². The highest BCUT2D eigenvalue weighted by atomic mass is 16.5. The maximum atomic E-state index is 11.3. The molecule has 1 aromatic rings. The molecule has 1 N–H and O–H groups in total. The van der Waals surface area contributed by atoms with Crippen LogP contribution >= 0.6 is 0 Å². The number of hydrogen-bond donors (Lipinski definition) is 1. The Morgan fingerprint density at radius 1 is 1.71 bits per heavy atom. The van der Waals surface area contributed by atoms with Crippen molar-refractivity contribution >= 4 is 17.9 Å². The number of aromatic amines is 1. The minimum absolute atomic E-state index is 0.340. The predicted octanol–water partition coefficient (Wildman–Crippen LogP) is 2.22. The number of aromatic nitrogens is 1. The normalized spacial score (nSPS) is 10.8. The molecule has 0 spiro atoms. The molecule has 76 valence electrons. The van der Waals surface area contributed by atoms with E-state index in [0.717, 1.165) is 11.4 Å². The molecule has 0 aliphatic rings. The van der Waals surface area contributed by atoms with Crippen molar-refractivity contribution in [2.75, 3.05) is 6.61 Å². The SMILES string of the molecule is C/C=N\c1cc(C(=O)OCC)[nH]c1C. The lowest BCUT2D eigenvalue weighted by Gasteiger charge is -1.96. The third-order valence-corrected chi connectivity index (χ3v) is 1.75. The fourth-order valence-electron chi connectivity index (χ4n) is 1.14. The van der Waals surface area contributed by atoms with E-state index < -0.39 is 0 Å². The summed E-state index contributed by atoms with van der Waals surface area (Å²) in [4.78, 5) is 18.3. The number of carbonyl (C=O) groups is 1. The van der Waals surface area contributed by atoms with Crippen LogP contribution in [-0.4, -0.2) is 23.8 Å². The Morgan fingerprint density at radius 2 is 2.43 bits per heavy atom. The quantitative estimate of drug-likeness (QED) is 0.592. The van der Waals surface area contributed by atoms with Crippen LogP contribution in [0.1, 0.15) is 30.0 Å². The highest BCUT2D eigenvalue weighted by Crippen LogP contribution is 2.19. The van der Waals surface area contributed by atoms with Gasteiger partial charge in [0.25, 0.3) is 0 Å². The van der Waals surface area contributed by atoms with Gasteiger partial charge in [-0.05, 0) is 26.8 Å². The highest BCUT2D eigenvalue weighted by molar-refractivity contribution is 5.89. The number of H-pyrrole nitrogens is 1. The van der Waals surface area contributed by atoms with Gasteiger partial charge in [0.1, 0.15) is 5.69 Å². The summed E-state index contributed by atoms with van der Waals surface area (Å²) in [5, 5.41) is 0. The Bertz CT molecular complexity index is 353. The van der Waals surface area contributed by atoms with Crippen LogP contribution in [-0.2, 0) is 4.74 Å². The lowest BCUT2D eigenvalue weighted by molar-refractivity contribution is 0.0520. The Labute approximate surface area is 83.0 Å². The molecule has 14 heavy (non-hydrogen) atoms. The Kier molecular flexibility index (Phi) is 3.45. The second-order valence-corrected chi connectivity index (χ2v) is 2.80. The largest absolute Gasteiger partial charge is 0.461 e. The van der Waals surface area contributed by atoms with Crippen LogP contribution in [0, 0.1) is 6.92 Å². The van der Waals surface area contributed by atoms with Gasteiger partial charge in [-0.3, -0.25) is 4.99 Å². The first-order valence-electron chi connectivity index (χ1n) is 4.54. The fourth-order valence-corrected chi connectivity index (χ4v) is 1.14. The molecule has 0 bridgehead atoms. The number of hydrogen-bond acceptors (Lipinski definition) is 3. The van der Waals surface area contributed by atoms with Crippen LogP contribution in [0.2, 0.25) is 0 Å². The summed E-state index contributed by atoms with van der Waals surface area (Å²) < 4.78 is 4.85. The molecule has 0 aromatic carbocycles. The number of aliphatic imine (C=N–C) groups is 1. The second-order valence-electron chi connectivity index (χ2n) is 2.80. The summed E-state index contributed by atoms with van der Waals surface area (Å²) in [6, 6.07) is 1.69. The molecule has 0 radical (unpaired) electrons. The van der Waals surface area contributed by atoms with E-state index in [9.17, 15) is 4.79 Å². The molecule has 0 aliphatic heterocycles. The van der Waals surface area contributed by atoms with Crippen molar-refractivity contribution in [1.29, 1.82) is 0 Å². The zero-order valence-corrected chi connectivity index (χ0v) is 8.63. The Hall–Kier alpha value is -1.58. The second kappa shape index (κ2) is 4.60.